The molecule has 0 unspecified atom stereocenters. The number of aryl methyl sites for hydroxylation is 1. The fourth-order valence-corrected chi connectivity index (χ4v) is 1.96. The molecule has 0 saturated carbocycles. The van der Waals surface area contributed by atoms with E-state index in [1.165, 1.54) is 13.0 Å². The third-order valence-electron chi connectivity index (χ3n) is 2.84. The van der Waals surface area contributed by atoms with Gasteiger partial charge < -0.3 is 9.72 Å². The van der Waals surface area contributed by atoms with Gasteiger partial charge in [-0.25, -0.2) is 4.39 Å². The zero-order chi connectivity index (χ0) is 17.4. The minimum atomic E-state index is -5.19. The van der Waals surface area contributed by atoms with E-state index in [9.17, 15) is 26.7 Å². The lowest BCUT2D eigenvalue weighted by Crippen LogP contribution is -2.18. The first-order valence-corrected chi connectivity index (χ1v) is 6.02. The lowest BCUT2D eigenvalue weighted by atomic mass is 10.00. The number of benzene rings is 1. The Morgan fingerprint density at radius 2 is 1.83 bits per heavy atom. The summed E-state index contributed by atoms with van der Waals surface area (Å²) in [6.45, 7) is 1.45. The van der Waals surface area contributed by atoms with Gasteiger partial charge in [-0.3, -0.25) is 4.79 Å². The molecule has 0 saturated heterocycles. The number of rotatable bonds is 2. The second-order valence-electron chi connectivity index (χ2n) is 4.47. The summed E-state index contributed by atoms with van der Waals surface area (Å²) >= 11 is 0. The zero-order valence-corrected chi connectivity index (χ0v) is 11.4. The van der Waals surface area contributed by atoms with Crippen molar-refractivity contribution in [2.45, 2.75) is 13.3 Å². The van der Waals surface area contributed by atoms with E-state index in [0.717, 1.165) is 6.07 Å². The third-order valence-corrected chi connectivity index (χ3v) is 2.84. The molecule has 23 heavy (non-hydrogen) atoms. The number of hydrogen-bond acceptors (Lipinski definition) is 3. The molecule has 120 valence electrons. The van der Waals surface area contributed by atoms with E-state index in [-0.39, 0.29) is 11.3 Å². The Morgan fingerprint density at radius 1 is 1.17 bits per heavy atom. The lowest BCUT2D eigenvalue weighted by molar-refractivity contribution is -0.275. The molecule has 0 atom stereocenters. The van der Waals surface area contributed by atoms with Crippen molar-refractivity contribution in [3.8, 4) is 22.9 Å². The van der Waals surface area contributed by atoms with Gasteiger partial charge in [0, 0.05) is 16.8 Å². The van der Waals surface area contributed by atoms with Crippen LogP contribution < -0.4 is 10.3 Å². The fourth-order valence-electron chi connectivity index (χ4n) is 1.96. The number of nitrogens with one attached hydrogen (secondary N) is 1. The van der Waals surface area contributed by atoms with Crippen LogP contribution in [0.5, 0.6) is 5.75 Å². The number of pyridine rings is 1. The molecule has 0 bridgehead atoms. The van der Waals surface area contributed by atoms with Crippen molar-refractivity contribution in [1.82, 2.24) is 4.98 Å². The standard InChI is InChI=1S/C14H7F5N2O2/c1-6-4-8(9(5-20)13(22)21-6)7-2-3-10(12(16)11(7)15)23-14(17,18)19/h2-4H,1H3,(H,21,22). The van der Waals surface area contributed by atoms with Gasteiger partial charge in [0.15, 0.2) is 11.6 Å². The van der Waals surface area contributed by atoms with Crippen LogP contribution in [0.2, 0.25) is 0 Å². The van der Waals surface area contributed by atoms with Crippen molar-refractivity contribution in [2.75, 3.05) is 0 Å². The van der Waals surface area contributed by atoms with Crippen molar-refractivity contribution in [3.05, 3.63) is 51.4 Å². The molecule has 1 aromatic carbocycles. The predicted molar refractivity (Wildman–Crippen MR) is 68.5 cm³/mol. The van der Waals surface area contributed by atoms with E-state index >= 15 is 0 Å². The van der Waals surface area contributed by atoms with Gasteiger partial charge >= 0.3 is 6.36 Å². The highest BCUT2D eigenvalue weighted by Crippen LogP contribution is 2.33. The molecule has 2 rings (SSSR count). The van der Waals surface area contributed by atoms with Gasteiger partial charge in [0.25, 0.3) is 5.56 Å². The van der Waals surface area contributed by atoms with Crippen LogP contribution in [0.3, 0.4) is 0 Å². The average Bonchev–Trinajstić information content (AvgIpc) is 2.42. The van der Waals surface area contributed by atoms with E-state index < -0.39 is 40.4 Å². The second kappa shape index (κ2) is 5.72. The number of H-pyrrole nitrogens is 1. The number of aromatic nitrogens is 1. The molecular formula is C14H7F5N2O2. The number of alkyl halides is 3. The average molecular weight is 330 g/mol. The summed E-state index contributed by atoms with van der Waals surface area (Å²) in [5.41, 5.74) is -1.80. The normalized spacial score (nSPS) is 11.2. The van der Waals surface area contributed by atoms with Crippen molar-refractivity contribution in [3.63, 3.8) is 0 Å². The van der Waals surface area contributed by atoms with Crippen molar-refractivity contribution >= 4 is 0 Å². The van der Waals surface area contributed by atoms with E-state index in [0.29, 0.717) is 6.07 Å². The molecule has 0 spiro atoms. The molecule has 0 amide bonds. The van der Waals surface area contributed by atoms with E-state index in [1.54, 1.807) is 6.07 Å². The van der Waals surface area contributed by atoms with Crippen LogP contribution >= 0.6 is 0 Å². The first kappa shape index (κ1) is 16.5. The summed E-state index contributed by atoms with van der Waals surface area (Å²) in [7, 11) is 0. The van der Waals surface area contributed by atoms with Crippen molar-refractivity contribution in [2.24, 2.45) is 0 Å². The van der Waals surface area contributed by atoms with Gasteiger partial charge in [-0.2, -0.15) is 9.65 Å². The highest BCUT2D eigenvalue weighted by Gasteiger charge is 2.33. The summed E-state index contributed by atoms with van der Waals surface area (Å²) in [4.78, 5) is 14.0. The van der Waals surface area contributed by atoms with Gasteiger partial charge in [-0.15, -0.1) is 13.2 Å². The van der Waals surface area contributed by atoms with E-state index in [2.05, 4.69) is 9.72 Å². The molecule has 9 heteroatoms. The molecule has 1 aromatic heterocycles. The number of aromatic amines is 1. The van der Waals surface area contributed by atoms with Gasteiger partial charge in [0.2, 0.25) is 5.82 Å². The summed E-state index contributed by atoms with van der Waals surface area (Å²) in [5.74, 6) is -4.88. The molecule has 0 aliphatic carbocycles. The lowest BCUT2D eigenvalue weighted by Gasteiger charge is -2.12. The SMILES string of the molecule is Cc1cc(-c2ccc(OC(F)(F)F)c(F)c2F)c(C#N)c(=O)[nH]1. The number of nitriles is 1. The number of nitrogens with zero attached hydrogens (tertiary/aromatic N) is 1. The van der Waals surface area contributed by atoms with Gasteiger partial charge in [-0.05, 0) is 25.1 Å². The predicted octanol–water partition coefficient (Wildman–Crippen LogP) is 3.40. The number of hydrogen-bond donors (Lipinski definition) is 1. The molecule has 1 heterocycles. The largest absolute Gasteiger partial charge is 0.573 e. The molecule has 0 aliphatic heterocycles. The van der Waals surface area contributed by atoms with Gasteiger partial charge in [0.05, 0.1) is 0 Å². The second-order valence-corrected chi connectivity index (χ2v) is 4.47. The van der Waals surface area contributed by atoms with Crippen molar-refractivity contribution < 1.29 is 26.7 Å². The highest BCUT2D eigenvalue weighted by atomic mass is 19.4. The highest BCUT2D eigenvalue weighted by molar-refractivity contribution is 5.71. The van der Waals surface area contributed by atoms with Crippen LogP contribution in [0.25, 0.3) is 11.1 Å². The van der Waals surface area contributed by atoms with Crippen LogP contribution in [0.15, 0.2) is 23.0 Å². The van der Waals surface area contributed by atoms with Crippen molar-refractivity contribution in [1.29, 1.82) is 5.26 Å². The Morgan fingerprint density at radius 3 is 2.39 bits per heavy atom. The molecule has 0 aliphatic rings. The Hall–Kier alpha value is -2.89. The monoisotopic (exact) mass is 330 g/mol. The van der Waals surface area contributed by atoms with Crippen LogP contribution in [0, 0.1) is 29.9 Å². The molecule has 1 N–H and O–H groups in total. The topological polar surface area (TPSA) is 65.9 Å². The summed E-state index contributed by atoms with van der Waals surface area (Å²) < 4.78 is 67.5. The van der Waals surface area contributed by atoms with Crippen LogP contribution in [-0.2, 0) is 0 Å². The Balaban J connectivity index is 2.66. The quantitative estimate of drug-likeness (QED) is 0.858. The minimum absolute atomic E-state index is 0.233. The fraction of sp³-hybridized carbons (Fsp3) is 0.143. The summed E-state index contributed by atoms with van der Waals surface area (Å²) in [5, 5.41) is 8.96. The maximum atomic E-state index is 14.1. The Labute approximate surface area is 125 Å². The third kappa shape index (κ3) is 3.31. The molecule has 4 nitrogen and oxygen atoms in total. The molecular weight excluding hydrogens is 323 g/mol. The van der Waals surface area contributed by atoms with Gasteiger partial charge in [-0.1, -0.05) is 0 Å². The first-order chi connectivity index (χ1) is 10.6. The Kier molecular flexibility index (Phi) is 4.10. The van der Waals surface area contributed by atoms with Crippen LogP contribution in [-0.4, -0.2) is 11.3 Å². The number of halogens is 5. The van der Waals surface area contributed by atoms with E-state index in [4.69, 9.17) is 5.26 Å². The smallest absolute Gasteiger partial charge is 0.403 e. The Bertz CT molecular complexity index is 865. The molecule has 0 fully saturated rings. The van der Waals surface area contributed by atoms with Crippen LogP contribution in [0.4, 0.5) is 22.0 Å². The minimum Gasteiger partial charge on any atom is -0.403 e. The summed E-state index contributed by atoms with van der Waals surface area (Å²) in [6, 6.07) is 4.12. The van der Waals surface area contributed by atoms with Gasteiger partial charge in [0.1, 0.15) is 11.6 Å². The number of ether oxygens (including phenoxy) is 1. The first-order valence-electron chi connectivity index (χ1n) is 6.02. The maximum Gasteiger partial charge on any atom is 0.573 e. The van der Waals surface area contributed by atoms with E-state index in [1.807, 2.05) is 0 Å². The molecule has 0 radical (unpaired) electrons. The zero-order valence-electron chi connectivity index (χ0n) is 11.4. The van der Waals surface area contributed by atoms with Crippen LogP contribution in [0.1, 0.15) is 11.3 Å². The summed E-state index contributed by atoms with van der Waals surface area (Å²) in [6.07, 6.45) is -5.19. The maximum absolute atomic E-state index is 14.1. The molecule has 2 aromatic rings.